The molecular formula is C28H31N3O6S. The van der Waals surface area contributed by atoms with Crippen LogP contribution in [0.15, 0.2) is 39.8 Å². The van der Waals surface area contributed by atoms with Crippen molar-refractivity contribution in [2.24, 2.45) is 5.92 Å². The molecule has 1 aromatic heterocycles. The van der Waals surface area contributed by atoms with Crippen molar-refractivity contribution in [3.63, 3.8) is 0 Å². The molecule has 9 nitrogen and oxygen atoms in total. The maximum absolute atomic E-state index is 13.8. The number of hydrogen-bond donors (Lipinski definition) is 1. The fourth-order valence-electron chi connectivity index (χ4n) is 5.13. The van der Waals surface area contributed by atoms with Crippen LogP contribution in [0.1, 0.15) is 46.5 Å². The van der Waals surface area contributed by atoms with E-state index in [0.717, 1.165) is 22.3 Å². The molecule has 2 aromatic carbocycles. The molecule has 2 aliphatic rings. The van der Waals surface area contributed by atoms with Gasteiger partial charge in [0.1, 0.15) is 5.69 Å². The van der Waals surface area contributed by atoms with Crippen LogP contribution >= 0.6 is 0 Å². The highest BCUT2D eigenvalue weighted by Gasteiger charge is 2.37. The Morgan fingerprint density at radius 1 is 1.05 bits per heavy atom. The van der Waals surface area contributed by atoms with Crippen molar-refractivity contribution in [1.82, 2.24) is 9.46 Å². The second-order valence-electron chi connectivity index (χ2n) is 9.87. The zero-order valence-electron chi connectivity index (χ0n) is 21.9. The standard InChI is InChI=1S/C28H31N3O6S/c1-17-12-18(2)23(19(3)13-17)8-10-25-27(20(4)30-37-25)38(33,34)31-11-5-6-21(15-31)28(32)29-22-7-9-24-26(14-22)36-16-35-24/h7-10,12-14,21H,5-6,11,15-16H2,1-4H3,(H,29,32)/b10-8+. The molecule has 1 N–H and O–H groups in total. The molecule has 0 aliphatic carbocycles. The number of nitrogens with one attached hydrogen (secondary N) is 1. The Morgan fingerprint density at radius 2 is 1.79 bits per heavy atom. The van der Waals surface area contributed by atoms with E-state index in [0.29, 0.717) is 36.6 Å². The van der Waals surface area contributed by atoms with Crippen LogP contribution in [-0.2, 0) is 14.8 Å². The molecule has 1 saturated heterocycles. The van der Waals surface area contributed by atoms with Gasteiger partial charge in [-0.3, -0.25) is 4.79 Å². The Bertz CT molecular complexity index is 1500. The molecule has 0 saturated carbocycles. The fraction of sp³-hybridized carbons (Fsp3) is 0.357. The lowest BCUT2D eigenvalue weighted by atomic mass is 9.98. The molecule has 200 valence electrons. The van der Waals surface area contributed by atoms with Crippen LogP contribution in [0.4, 0.5) is 5.69 Å². The Balaban J connectivity index is 1.35. The van der Waals surface area contributed by atoms with E-state index in [4.69, 9.17) is 14.0 Å². The number of hydrogen-bond acceptors (Lipinski definition) is 7. The number of rotatable bonds is 6. The van der Waals surface area contributed by atoms with Crippen molar-refractivity contribution in [3.8, 4) is 11.5 Å². The third-order valence-corrected chi connectivity index (χ3v) is 8.99. The van der Waals surface area contributed by atoms with Crippen molar-refractivity contribution in [1.29, 1.82) is 0 Å². The number of carbonyl (C=O) groups excluding carboxylic acids is 1. The first-order valence-corrected chi connectivity index (χ1v) is 14.0. The molecule has 1 amide bonds. The third-order valence-electron chi connectivity index (χ3n) is 6.97. The number of carbonyl (C=O) groups is 1. The van der Waals surface area contributed by atoms with Gasteiger partial charge in [0.05, 0.1) is 5.92 Å². The number of benzene rings is 2. The predicted molar refractivity (Wildman–Crippen MR) is 143 cm³/mol. The summed E-state index contributed by atoms with van der Waals surface area (Å²) in [6.45, 7) is 8.23. The fourth-order valence-corrected chi connectivity index (χ4v) is 6.91. The van der Waals surface area contributed by atoms with Crippen molar-refractivity contribution in [2.75, 3.05) is 25.2 Å². The monoisotopic (exact) mass is 537 g/mol. The number of fused-ring (bicyclic) bond motifs is 1. The summed E-state index contributed by atoms with van der Waals surface area (Å²) >= 11 is 0. The van der Waals surface area contributed by atoms with Crippen molar-refractivity contribution >= 4 is 33.8 Å². The largest absolute Gasteiger partial charge is 0.454 e. The number of amides is 1. The normalized spacial score (nSPS) is 17.7. The van der Waals surface area contributed by atoms with Gasteiger partial charge in [-0.15, -0.1) is 0 Å². The van der Waals surface area contributed by atoms with E-state index in [1.54, 1.807) is 31.2 Å². The van der Waals surface area contributed by atoms with Crippen LogP contribution in [0.25, 0.3) is 12.2 Å². The smallest absolute Gasteiger partial charge is 0.248 e. The lowest BCUT2D eigenvalue weighted by molar-refractivity contribution is -0.120. The van der Waals surface area contributed by atoms with Gasteiger partial charge in [0.2, 0.25) is 22.7 Å². The van der Waals surface area contributed by atoms with Gasteiger partial charge in [0.15, 0.2) is 22.2 Å². The number of piperidine rings is 1. The highest BCUT2D eigenvalue weighted by Crippen LogP contribution is 2.35. The van der Waals surface area contributed by atoms with E-state index >= 15 is 0 Å². The summed E-state index contributed by atoms with van der Waals surface area (Å²) < 4.78 is 45.0. The number of sulfonamides is 1. The van der Waals surface area contributed by atoms with E-state index in [2.05, 4.69) is 22.6 Å². The predicted octanol–water partition coefficient (Wildman–Crippen LogP) is 4.85. The summed E-state index contributed by atoms with van der Waals surface area (Å²) in [4.78, 5) is 13.1. The number of aromatic nitrogens is 1. The number of nitrogens with zero attached hydrogens (tertiary/aromatic N) is 2. The first kappa shape index (κ1) is 26.0. The van der Waals surface area contributed by atoms with Gasteiger partial charge in [0.25, 0.3) is 0 Å². The summed E-state index contributed by atoms with van der Waals surface area (Å²) in [5, 5.41) is 6.84. The lowest BCUT2D eigenvalue weighted by Crippen LogP contribution is -2.43. The Morgan fingerprint density at radius 3 is 2.55 bits per heavy atom. The van der Waals surface area contributed by atoms with Crippen molar-refractivity contribution < 1.29 is 27.2 Å². The molecular weight excluding hydrogens is 506 g/mol. The van der Waals surface area contributed by atoms with Gasteiger partial charge in [-0.25, -0.2) is 8.42 Å². The second-order valence-corrected chi connectivity index (χ2v) is 11.7. The van der Waals surface area contributed by atoms with Crippen LogP contribution in [0.3, 0.4) is 0 Å². The van der Waals surface area contributed by atoms with Gasteiger partial charge < -0.3 is 19.3 Å². The van der Waals surface area contributed by atoms with Crippen molar-refractivity contribution in [3.05, 3.63) is 64.0 Å². The maximum atomic E-state index is 13.8. The van der Waals surface area contributed by atoms with Crippen LogP contribution in [-0.4, -0.2) is 43.7 Å². The topological polar surface area (TPSA) is 111 Å². The average molecular weight is 538 g/mol. The van der Waals surface area contributed by atoms with E-state index in [-0.39, 0.29) is 35.6 Å². The molecule has 0 spiro atoms. The molecule has 1 fully saturated rings. The zero-order valence-corrected chi connectivity index (χ0v) is 22.7. The summed E-state index contributed by atoms with van der Waals surface area (Å²) in [7, 11) is -3.95. The van der Waals surface area contributed by atoms with Crippen LogP contribution in [0.5, 0.6) is 11.5 Å². The number of ether oxygens (including phenoxy) is 2. The summed E-state index contributed by atoms with van der Waals surface area (Å²) in [6.07, 6.45) is 4.67. The van der Waals surface area contributed by atoms with E-state index < -0.39 is 15.9 Å². The van der Waals surface area contributed by atoms with E-state index in [9.17, 15) is 13.2 Å². The zero-order chi connectivity index (χ0) is 27.0. The van der Waals surface area contributed by atoms with Crippen LogP contribution in [0.2, 0.25) is 0 Å². The maximum Gasteiger partial charge on any atom is 0.248 e. The minimum Gasteiger partial charge on any atom is -0.454 e. The first-order chi connectivity index (χ1) is 18.1. The minimum absolute atomic E-state index is 0.0352. The Kier molecular flexibility index (Phi) is 7.02. The Labute approximate surface area is 222 Å². The quantitative estimate of drug-likeness (QED) is 0.479. The lowest BCUT2D eigenvalue weighted by Gasteiger charge is -2.31. The van der Waals surface area contributed by atoms with Gasteiger partial charge in [-0.1, -0.05) is 28.9 Å². The van der Waals surface area contributed by atoms with Crippen LogP contribution in [0, 0.1) is 33.6 Å². The molecule has 1 atom stereocenters. The van der Waals surface area contributed by atoms with Crippen LogP contribution < -0.4 is 14.8 Å². The number of aryl methyl sites for hydroxylation is 4. The van der Waals surface area contributed by atoms with Gasteiger partial charge in [0, 0.05) is 24.8 Å². The van der Waals surface area contributed by atoms with Gasteiger partial charge >= 0.3 is 0 Å². The molecule has 0 bridgehead atoms. The summed E-state index contributed by atoms with van der Waals surface area (Å²) in [5.41, 5.74) is 5.21. The van der Waals surface area contributed by atoms with Crippen molar-refractivity contribution in [2.45, 2.75) is 45.4 Å². The first-order valence-electron chi connectivity index (χ1n) is 12.6. The van der Waals surface area contributed by atoms with Gasteiger partial charge in [-0.05, 0) is 75.4 Å². The highest BCUT2D eigenvalue weighted by atomic mass is 32.2. The SMILES string of the molecule is Cc1cc(C)c(/C=C/c2onc(C)c2S(=O)(=O)N2CCCC(C(=O)Nc3ccc4c(c3)OCO4)C2)c(C)c1. The molecule has 38 heavy (non-hydrogen) atoms. The molecule has 0 radical (unpaired) electrons. The van der Waals surface area contributed by atoms with E-state index in [1.165, 1.54) is 4.31 Å². The summed E-state index contributed by atoms with van der Waals surface area (Å²) in [6, 6.07) is 9.34. The minimum atomic E-state index is -3.95. The molecule has 3 aromatic rings. The average Bonchev–Trinajstić information content (AvgIpc) is 3.49. The number of anilines is 1. The van der Waals surface area contributed by atoms with Gasteiger partial charge in [-0.2, -0.15) is 4.31 Å². The highest BCUT2D eigenvalue weighted by molar-refractivity contribution is 7.89. The van der Waals surface area contributed by atoms with E-state index in [1.807, 2.05) is 26.8 Å². The molecule has 5 rings (SSSR count). The summed E-state index contributed by atoms with van der Waals surface area (Å²) in [5.74, 6) is 0.626. The molecule has 1 unspecified atom stereocenters. The third kappa shape index (κ3) is 5.06. The molecule has 3 heterocycles. The molecule has 10 heteroatoms. The molecule has 2 aliphatic heterocycles. The second kappa shape index (κ2) is 10.3. The Hall–Kier alpha value is -3.63.